The van der Waals surface area contributed by atoms with Gasteiger partial charge in [-0.25, -0.2) is 0 Å². The first-order valence-electron chi connectivity index (χ1n) is 8.04. The molecule has 0 aromatic heterocycles. The van der Waals surface area contributed by atoms with E-state index in [-0.39, 0.29) is 0 Å². The lowest BCUT2D eigenvalue weighted by atomic mass is 10.1. The van der Waals surface area contributed by atoms with Gasteiger partial charge >= 0.3 is 0 Å². The number of rotatable bonds is 3. The van der Waals surface area contributed by atoms with Gasteiger partial charge in [-0.2, -0.15) is 0 Å². The normalized spacial score (nSPS) is 20.2. The molecule has 0 amide bonds. The number of benzene rings is 2. The Balaban J connectivity index is 1.98. The highest BCUT2D eigenvalue weighted by atomic mass is 79.9. The number of carbonyl (C=O) groups excluding carboxylic acids is 1. The van der Waals surface area contributed by atoms with Crippen LogP contribution in [0.3, 0.4) is 0 Å². The van der Waals surface area contributed by atoms with Gasteiger partial charge in [-0.15, -0.1) is 0 Å². The molecule has 0 saturated heterocycles. The predicted molar refractivity (Wildman–Crippen MR) is 104 cm³/mol. The fraction of sp³-hybridized carbons (Fsp3) is 0.250. The summed E-state index contributed by atoms with van der Waals surface area (Å²) in [7, 11) is -1.71. The smallest absolute Gasteiger partial charge is 0.158 e. The molecule has 118 valence electrons. The molecule has 0 spiro atoms. The quantitative estimate of drug-likeness (QED) is 0.526. The summed E-state index contributed by atoms with van der Waals surface area (Å²) in [6.07, 6.45) is 3.80. The van der Waals surface area contributed by atoms with Gasteiger partial charge < -0.3 is 0 Å². The Hall–Kier alpha value is -1.45. The fourth-order valence-electron chi connectivity index (χ4n) is 3.51. The third kappa shape index (κ3) is 3.41. The topological polar surface area (TPSA) is 17.1 Å². The molecule has 3 rings (SSSR count). The SMILES string of the molecule is C[Si](C)(c1ccccc1)C1CCC(=O)C1=Cc1ccc(Br)cc1. The Morgan fingerprint density at radius 2 is 1.70 bits per heavy atom. The Bertz CT molecular complexity index is 732. The predicted octanol–water partition coefficient (Wildman–Crippen LogP) is 5.18. The Labute approximate surface area is 147 Å². The molecule has 1 fully saturated rings. The monoisotopic (exact) mass is 384 g/mol. The molecule has 0 bridgehead atoms. The maximum absolute atomic E-state index is 12.5. The van der Waals surface area contributed by atoms with Crippen LogP contribution in [0.1, 0.15) is 18.4 Å². The maximum atomic E-state index is 12.5. The second kappa shape index (κ2) is 6.58. The van der Waals surface area contributed by atoms with E-state index in [0.29, 0.717) is 17.7 Å². The third-order valence-electron chi connectivity index (χ3n) is 4.94. The van der Waals surface area contributed by atoms with E-state index >= 15 is 0 Å². The summed E-state index contributed by atoms with van der Waals surface area (Å²) in [4.78, 5) is 12.5. The van der Waals surface area contributed by atoms with Gasteiger partial charge in [-0.05, 0) is 41.3 Å². The van der Waals surface area contributed by atoms with Crippen LogP contribution in [0.2, 0.25) is 18.6 Å². The first-order chi connectivity index (χ1) is 11.0. The zero-order valence-electron chi connectivity index (χ0n) is 13.6. The van der Waals surface area contributed by atoms with Gasteiger partial charge in [-0.3, -0.25) is 4.79 Å². The van der Waals surface area contributed by atoms with E-state index in [0.717, 1.165) is 22.0 Å². The van der Waals surface area contributed by atoms with Crippen LogP contribution in [-0.4, -0.2) is 13.9 Å². The molecule has 23 heavy (non-hydrogen) atoms. The lowest BCUT2D eigenvalue weighted by Crippen LogP contribution is -2.45. The molecule has 1 aliphatic rings. The van der Waals surface area contributed by atoms with Crippen molar-refractivity contribution in [1.29, 1.82) is 0 Å². The standard InChI is InChI=1S/C20H21BrOSi/c1-23(2,17-6-4-3-5-7-17)20-13-12-19(22)18(20)14-15-8-10-16(21)11-9-15/h3-11,14,20H,12-13H2,1-2H3. The van der Waals surface area contributed by atoms with E-state index in [1.165, 1.54) is 5.19 Å². The largest absolute Gasteiger partial charge is 0.295 e. The number of allylic oxidation sites excluding steroid dienone is 1. The summed E-state index contributed by atoms with van der Waals surface area (Å²) in [5, 5.41) is 1.43. The van der Waals surface area contributed by atoms with Crippen molar-refractivity contribution in [1.82, 2.24) is 0 Å². The number of hydrogen-bond donors (Lipinski definition) is 0. The van der Waals surface area contributed by atoms with Crippen molar-refractivity contribution in [2.75, 3.05) is 0 Å². The van der Waals surface area contributed by atoms with Crippen molar-refractivity contribution in [3.05, 3.63) is 70.2 Å². The summed E-state index contributed by atoms with van der Waals surface area (Å²) in [6.45, 7) is 4.78. The molecular weight excluding hydrogens is 364 g/mol. The lowest BCUT2D eigenvalue weighted by Gasteiger charge is -2.30. The van der Waals surface area contributed by atoms with Crippen LogP contribution in [-0.2, 0) is 4.79 Å². The second-order valence-electron chi connectivity index (χ2n) is 6.75. The van der Waals surface area contributed by atoms with Crippen molar-refractivity contribution in [3.8, 4) is 0 Å². The zero-order valence-corrected chi connectivity index (χ0v) is 16.1. The molecule has 1 atom stereocenters. The van der Waals surface area contributed by atoms with Crippen molar-refractivity contribution >= 4 is 41.0 Å². The van der Waals surface area contributed by atoms with Crippen LogP contribution in [0.15, 0.2) is 64.6 Å². The summed E-state index contributed by atoms with van der Waals surface area (Å²) in [5.41, 5.74) is 2.55. The molecule has 0 radical (unpaired) electrons. The molecule has 1 nitrogen and oxygen atoms in total. The van der Waals surface area contributed by atoms with E-state index in [1.807, 2.05) is 12.1 Å². The third-order valence-corrected chi connectivity index (χ3v) is 9.63. The highest BCUT2D eigenvalue weighted by molar-refractivity contribution is 9.10. The molecule has 0 N–H and O–H groups in total. The summed E-state index contributed by atoms with van der Waals surface area (Å²) >= 11 is 3.46. The molecule has 2 aromatic carbocycles. The highest BCUT2D eigenvalue weighted by Crippen LogP contribution is 2.41. The minimum absolute atomic E-state index is 0.328. The van der Waals surface area contributed by atoms with Gasteiger partial charge in [-0.1, -0.05) is 76.7 Å². The van der Waals surface area contributed by atoms with Crippen molar-refractivity contribution in [2.45, 2.75) is 31.5 Å². The molecule has 3 heteroatoms. The molecule has 2 aromatic rings. The van der Waals surface area contributed by atoms with Crippen LogP contribution in [0.25, 0.3) is 6.08 Å². The van der Waals surface area contributed by atoms with Crippen LogP contribution < -0.4 is 5.19 Å². The number of halogens is 1. The molecule has 0 aliphatic heterocycles. The molecule has 1 saturated carbocycles. The molecule has 1 unspecified atom stereocenters. The molecule has 1 aliphatic carbocycles. The van der Waals surface area contributed by atoms with E-state index in [9.17, 15) is 4.79 Å². The number of hydrogen-bond acceptors (Lipinski definition) is 1. The van der Waals surface area contributed by atoms with Gasteiger partial charge in [0.15, 0.2) is 5.78 Å². The lowest BCUT2D eigenvalue weighted by molar-refractivity contribution is -0.114. The first-order valence-corrected chi connectivity index (χ1v) is 11.9. The van der Waals surface area contributed by atoms with E-state index < -0.39 is 8.07 Å². The van der Waals surface area contributed by atoms with Crippen molar-refractivity contribution < 1.29 is 4.79 Å². The Kier molecular flexibility index (Phi) is 4.69. The van der Waals surface area contributed by atoms with Gasteiger partial charge in [0, 0.05) is 10.9 Å². The van der Waals surface area contributed by atoms with E-state index in [4.69, 9.17) is 0 Å². The maximum Gasteiger partial charge on any atom is 0.158 e. The van der Waals surface area contributed by atoms with E-state index in [2.05, 4.69) is 77.6 Å². The van der Waals surface area contributed by atoms with Gasteiger partial charge in [0.25, 0.3) is 0 Å². The summed E-state index contributed by atoms with van der Waals surface area (Å²) < 4.78 is 1.06. The summed E-state index contributed by atoms with van der Waals surface area (Å²) in [6, 6.07) is 18.9. The van der Waals surface area contributed by atoms with E-state index in [1.54, 1.807) is 0 Å². The van der Waals surface area contributed by atoms with Crippen LogP contribution in [0, 0.1) is 0 Å². The van der Waals surface area contributed by atoms with Crippen LogP contribution in [0.5, 0.6) is 0 Å². The van der Waals surface area contributed by atoms with Gasteiger partial charge in [0.05, 0.1) is 8.07 Å². The number of Topliss-reactive ketones (excluding diaryl/α,β-unsaturated/α-hetero) is 1. The van der Waals surface area contributed by atoms with Crippen molar-refractivity contribution in [3.63, 3.8) is 0 Å². The second-order valence-corrected chi connectivity index (χ2v) is 12.4. The number of ketones is 1. The minimum Gasteiger partial charge on any atom is -0.295 e. The Morgan fingerprint density at radius 3 is 2.35 bits per heavy atom. The highest BCUT2D eigenvalue weighted by Gasteiger charge is 2.41. The average Bonchev–Trinajstić information content (AvgIpc) is 2.92. The Morgan fingerprint density at radius 1 is 1.04 bits per heavy atom. The van der Waals surface area contributed by atoms with Crippen molar-refractivity contribution in [2.24, 2.45) is 0 Å². The van der Waals surface area contributed by atoms with Crippen LogP contribution >= 0.6 is 15.9 Å². The first kappa shape index (κ1) is 16.4. The fourth-order valence-corrected chi connectivity index (χ4v) is 7.11. The zero-order chi connectivity index (χ0) is 16.4. The number of carbonyl (C=O) groups is 1. The van der Waals surface area contributed by atoms with Gasteiger partial charge in [0.2, 0.25) is 0 Å². The summed E-state index contributed by atoms with van der Waals surface area (Å²) in [5.74, 6) is 0.328. The molecular formula is C20H21BrOSi. The minimum atomic E-state index is -1.71. The molecule has 0 heterocycles. The average molecular weight is 385 g/mol. The van der Waals surface area contributed by atoms with Crippen LogP contribution in [0.4, 0.5) is 0 Å². The van der Waals surface area contributed by atoms with Gasteiger partial charge in [0.1, 0.15) is 0 Å².